The molecule has 15 heavy (non-hydrogen) atoms. The quantitative estimate of drug-likeness (QED) is 0.778. The van der Waals surface area contributed by atoms with E-state index in [9.17, 15) is 8.42 Å². The average Bonchev–Trinajstić information content (AvgIpc) is 2.64. The van der Waals surface area contributed by atoms with Gasteiger partial charge in [-0.2, -0.15) is 0 Å². The standard InChI is InChI=1S/C9H18N2O2S.ClH/c1-2-14(12,13)11-6-4-9-8(7-11)3-5-10-9;/h8-10H,2-7H2,1H3;1H. The summed E-state index contributed by atoms with van der Waals surface area (Å²) in [5, 5.41) is 3.43. The predicted molar refractivity (Wildman–Crippen MR) is 62.8 cm³/mol. The Balaban J connectivity index is 0.00000112. The highest BCUT2D eigenvalue weighted by Crippen LogP contribution is 2.26. The number of rotatable bonds is 2. The second kappa shape index (κ2) is 4.99. The molecule has 2 atom stereocenters. The summed E-state index contributed by atoms with van der Waals surface area (Å²) in [6.07, 6.45) is 2.10. The topological polar surface area (TPSA) is 49.4 Å². The number of hydrogen-bond donors (Lipinski definition) is 1. The minimum Gasteiger partial charge on any atom is -0.314 e. The van der Waals surface area contributed by atoms with Gasteiger partial charge in [0.15, 0.2) is 0 Å². The van der Waals surface area contributed by atoms with Gasteiger partial charge >= 0.3 is 0 Å². The van der Waals surface area contributed by atoms with Gasteiger partial charge in [0.05, 0.1) is 5.75 Å². The monoisotopic (exact) mass is 254 g/mol. The first-order valence-electron chi connectivity index (χ1n) is 5.34. The molecule has 1 N–H and O–H groups in total. The van der Waals surface area contributed by atoms with Crippen molar-refractivity contribution in [2.24, 2.45) is 5.92 Å². The van der Waals surface area contributed by atoms with Crippen LogP contribution in [0.15, 0.2) is 0 Å². The molecule has 6 heteroatoms. The maximum atomic E-state index is 11.6. The van der Waals surface area contributed by atoms with Crippen molar-refractivity contribution in [1.82, 2.24) is 9.62 Å². The van der Waals surface area contributed by atoms with E-state index in [1.54, 1.807) is 11.2 Å². The Morgan fingerprint density at radius 1 is 1.40 bits per heavy atom. The van der Waals surface area contributed by atoms with Gasteiger partial charge in [0, 0.05) is 19.1 Å². The molecule has 2 unspecified atom stereocenters. The fourth-order valence-electron chi connectivity index (χ4n) is 2.45. The van der Waals surface area contributed by atoms with Crippen molar-refractivity contribution < 1.29 is 8.42 Å². The molecule has 0 aromatic carbocycles. The van der Waals surface area contributed by atoms with Gasteiger partial charge in [0.1, 0.15) is 0 Å². The van der Waals surface area contributed by atoms with Crippen LogP contribution in [0.1, 0.15) is 19.8 Å². The summed E-state index contributed by atoms with van der Waals surface area (Å²) in [5.41, 5.74) is 0. The molecular formula is C9H19ClN2O2S. The molecule has 4 nitrogen and oxygen atoms in total. The minimum absolute atomic E-state index is 0. The third kappa shape index (κ3) is 2.64. The molecule has 2 heterocycles. The average molecular weight is 255 g/mol. The van der Waals surface area contributed by atoms with E-state index in [-0.39, 0.29) is 18.2 Å². The molecule has 0 aromatic heterocycles. The normalized spacial score (nSPS) is 32.1. The van der Waals surface area contributed by atoms with Crippen molar-refractivity contribution in [3.8, 4) is 0 Å². The molecule has 0 amide bonds. The van der Waals surface area contributed by atoms with Crippen molar-refractivity contribution >= 4 is 22.4 Å². The first-order valence-corrected chi connectivity index (χ1v) is 6.95. The SMILES string of the molecule is CCS(=O)(=O)N1CCC2NCCC2C1.Cl. The van der Waals surface area contributed by atoms with Crippen molar-refractivity contribution in [2.45, 2.75) is 25.8 Å². The van der Waals surface area contributed by atoms with Crippen LogP contribution in [-0.2, 0) is 10.0 Å². The molecule has 2 fully saturated rings. The zero-order chi connectivity index (χ0) is 10.2. The number of nitrogens with one attached hydrogen (secondary N) is 1. The fraction of sp³-hybridized carbons (Fsp3) is 1.00. The van der Waals surface area contributed by atoms with Gasteiger partial charge < -0.3 is 5.32 Å². The first-order chi connectivity index (χ1) is 6.63. The molecule has 2 rings (SSSR count). The zero-order valence-electron chi connectivity index (χ0n) is 8.98. The molecule has 0 spiro atoms. The maximum Gasteiger partial charge on any atom is 0.213 e. The lowest BCUT2D eigenvalue weighted by Gasteiger charge is -2.33. The summed E-state index contributed by atoms with van der Waals surface area (Å²) in [4.78, 5) is 0. The van der Waals surface area contributed by atoms with Crippen LogP contribution in [0.4, 0.5) is 0 Å². The van der Waals surface area contributed by atoms with E-state index < -0.39 is 10.0 Å². The van der Waals surface area contributed by atoms with Gasteiger partial charge in [-0.15, -0.1) is 12.4 Å². The number of piperidine rings is 1. The lowest BCUT2D eigenvalue weighted by molar-refractivity contribution is 0.247. The van der Waals surface area contributed by atoms with Crippen molar-refractivity contribution in [3.63, 3.8) is 0 Å². The smallest absolute Gasteiger partial charge is 0.213 e. The Bertz CT molecular complexity index is 307. The minimum atomic E-state index is -2.95. The number of fused-ring (bicyclic) bond motifs is 1. The zero-order valence-corrected chi connectivity index (χ0v) is 10.6. The summed E-state index contributed by atoms with van der Waals surface area (Å²) in [5.74, 6) is 0.780. The summed E-state index contributed by atoms with van der Waals surface area (Å²) < 4.78 is 25.0. The highest BCUT2D eigenvalue weighted by Gasteiger charge is 2.36. The van der Waals surface area contributed by atoms with E-state index in [1.165, 1.54) is 0 Å². The molecule has 0 aliphatic carbocycles. The molecular weight excluding hydrogens is 236 g/mol. The van der Waals surface area contributed by atoms with Crippen LogP contribution >= 0.6 is 12.4 Å². The Kier molecular flexibility index (Phi) is 4.40. The highest BCUT2D eigenvalue weighted by atomic mass is 35.5. The van der Waals surface area contributed by atoms with Crippen LogP contribution in [0.2, 0.25) is 0 Å². The molecule has 0 radical (unpaired) electrons. The van der Waals surface area contributed by atoms with Crippen LogP contribution in [0.3, 0.4) is 0 Å². The number of nitrogens with zero attached hydrogens (tertiary/aromatic N) is 1. The first kappa shape index (κ1) is 13.2. The Morgan fingerprint density at radius 3 is 2.80 bits per heavy atom. The lowest BCUT2D eigenvalue weighted by Crippen LogP contribution is -2.47. The van der Waals surface area contributed by atoms with Crippen LogP contribution < -0.4 is 5.32 Å². The van der Waals surface area contributed by atoms with Gasteiger partial charge in [-0.1, -0.05) is 0 Å². The largest absolute Gasteiger partial charge is 0.314 e. The van der Waals surface area contributed by atoms with Gasteiger partial charge in [0.2, 0.25) is 10.0 Å². The third-order valence-electron chi connectivity index (χ3n) is 3.38. The van der Waals surface area contributed by atoms with Crippen molar-refractivity contribution in [1.29, 1.82) is 0 Å². The van der Waals surface area contributed by atoms with E-state index in [0.29, 0.717) is 18.5 Å². The van der Waals surface area contributed by atoms with E-state index in [1.807, 2.05) is 0 Å². The molecule has 2 saturated heterocycles. The Hall–Kier alpha value is 0.160. The van der Waals surface area contributed by atoms with Gasteiger partial charge in [0.25, 0.3) is 0 Å². The van der Waals surface area contributed by atoms with E-state index >= 15 is 0 Å². The molecule has 0 saturated carbocycles. The van der Waals surface area contributed by atoms with Crippen LogP contribution in [0.5, 0.6) is 0 Å². The second-order valence-electron chi connectivity index (χ2n) is 4.16. The summed E-state index contributed by atoms with van der Waals surface area (Å²) in [6, 6.07) is 0.568. The summed E-state index contributed by atoms with van der Waals surface area (Å²) >= 11 is 0. The van der Waals surface area contributed by atoms with Crippen molar-refractivity contribution in [3.05, 3.63) is 0 Å². The number of hydrogen-bond acceptors (Lipinski definition) is 3. The van der Waals surface area contributed by atoms with Crippen LogP contribution in [0, 0.1) is 5.92 Å². The second-order valence-corrected chi connectivity index (χ2v) is 6.41. The molecule has 90 valence electrons. The van der Waals surface area contributed by atoms with E-state index in [0.717, 1.165) is 25.9 Å². The molecule has 0 bridgehead atoms. The summed E-state index contributed by atoms with van der Waals surface area (Å²) in [6.45, 7) is 4.20. The van der Waals surface area contributed by atoms with Crippen LogP contribution in [-0.4, -0.2) is 44.2 Å². The lowest BCUT2D eigenvalue weighted by atomic mass is 9.95. The van der Waals surface area contributed by atoms with E-state index in [2.05, 4.69) is 5.32 Å². The predicted octanol–water partition coefficient (Wildman–Crippen LogP) is 0.442. The van der Waals surface area contributed by atoms with E-state index in [4.69, 9.17) is 0 Å². The summed E-state index contributed by atoms with van der Waals surface area (Å²) in [7, 11) is -2.95. The Labute approximate surface area is 97.9 Å². The van der Waals surface area contributed by atoms with Gasteiger partial charge in [-0.3, -0.25) is 0 Å². The molecule has 2 aliphatic rings. The van der Waals surface area contributed by atoms with Crippen LogP contribution in [0.25, 0.3) is 0 Å². The van der Waals surface area contributed by atoms with Gasteiger partial charge in [-0.05, 0) is 32.2 Å². The number of halogens is 1. The van der Waals surface area contributed by atoms with Crippen molar-refractivity contribution in [2.75, 3.05) is 25.4 Å². The highest BCUT2D eigenvalue weighted by molar-refractivity contribution is 7.89. The fourth-order valence-corrected chi connectivity index (χ4v) is 3.62. The molecule has 2 aliphatic heterocycles. The maximum absolute atomic E-state index is 11.6. The molecule has 0 aromatic rings. The third-order valence-corrected chi connectivity index (χ3v) is 5.22. The Morgan fingerprint density at radius 2 is 2.13 bits per heavy atom. The van der Waals surface area contributed by atoms with Gasteiger partial charge in [-0.25, -0.2) is 12.7 Å². The number of sulfonamides is 1.